The molecular formula is C12H16FNO2. The molecule has 0 radical (unpaired) electrons. The Morgan fingerprint density at radius 3 is 2.69 bits per heavy atom. The second-order valence-corrected chi connectivity index (χ2v) is 4.10. The third-order valence-electron chi connectivity index (χ3n) is 2.48. The summed E-state index contributed by atoms with van der Waals surface area (Å²) in [6.45, 7) is 0.775. The van der Waals surface area contributed by atoms with Gasteiger partial charge in [0.25, 0.3) is 0 Å². The van der Waals surface area contributed by atoms with E-state index in [4.69, 9.17) is 4.74 Å². The summed E-state index contributed by atoms with van der Waals surface area (Å²) in [4.78, 5) is 0. The third-order valence-corrected chi connectivity index (χ3v) is 2.48. The van der Waals surface area contributed by atoms with Crippen LogP contribution >= 0.6 is 0 Å². The number of hydrogen-bond donors (Lipinski definition) is 2. The number of benzene rings is 1. The monoisotopic (exact) mass is 225 g/mol. The molecule has 4 heteroatoms. The minimum atomic E-state index is -0.523. The zero-order chi connectivity index (χ0) is 11.4. The number of hydrogen-bond acceptors (Lipinski definition) is 3. The van der Waals surface area contributed by atoms with E-state index in [0.29, 0.717) is 18.3 Å². The molecule has 1 aromatic carbocycles. The Kier molecular flexibility index (Phi) is 3.74. The van der Waals surface area contributed by atoms with Gasteiger partial charge >= 0.3 is 0 Å². The average molecular weight is 225 g/mol. The lowest BCUT2D eigenvalue weighted by Gasteiger charge is -2.12. The zero-order valence-electron chi connectivity index (χ0n) is 9.03. The van der Waals surface area contributed by atoms with Crippen LogP contribution in [0.2, 0.25) is 0 Å². The first kappa shape index (κ1) is 11.4. The second-order valence-electron chi connectivity index (χ2n) is 4.10. The van der Waals surface area contributed by atoms with E-state index in [1.165, 1.54) is 25.0 Å². The van der Waals surface area contributed by atoms with Crippen LogP contribution in [0.5, 0.6) is 5.75 Å². The predicted molar refractivity (Wildman–Crippen MR) is 58.9 cm³/mol. The minimum Gasteiger partial charge on any atom is -0.491 e. The maximum Gasteiger partial charge on any atom is 0.123 e. The van der Waals surface area contributed by atoms with Crippen LogP contribution in [0.25, 0.3) is 0 Å². The molecule has 0 aromatic heterocycles. The van der Waals surface area contributed by atoms with Crippen LogP contribution in [0.15, 0.2) is 24.3 Å². The molecule has 1 saturated carbocycles. The highest BCUT2D eigenvalue weighted by Gasteiger charge is 2.21. The average Bonchev–Trinajstić information content (AvgIpc) is 3.09. The van der Waals surface area contributed by atoms with E-state index in [9.17, 15) is 9.50 Å². The van der Waals surface area contributed by atoms with Crippen molar-refractivity contribution < 1.29 is 14.2 Å². The van der Waals surface area contributed by atoms with E-state index in [1.54, 1.807) is 12.1 Å². The standard InChI is InChI=1S/C12H16FNO2/c13-9-1-5-12(6-2-9)16-8-11(15)7-14-10-3-4-10/h1-2,5-6,10-11,14-15H,3-4,7-8H2/t11-/m0/s1. The predicted octanol–water partition coefficient (Wildman–Crippen LogP) is 1.32. The summed E-state index contributed by atoms with van der Waals surface area (Å²) in [5.74, 6) is 0.287. The molecule has 0 heterocycles. The molecule has 88 valence electrons. The van der Waals surface area contributed by atoms with Crippen molar-refractivity contribution in [1.82, 2.24) is 5.32 Å². The summed E-state index contributed by atoms with van der Waals surface area (Å²) in [6.07, 6.45) is 1.88. The van der Waals surface area contributed by atoms with Crippen molar-refractivity contribution in [3.63, 3.8) is 0 Å². The molecule has 0 spiro atoms. The Morgan fingerprint density at radius 2 is 2.06 bits per heavy atom. The van der Waals surface area contributed by atoms with Gasteiger partial charge in [-0.15, -0.1) is 0 Å². The summed E-state index contributed by atoms with van der Waals surface area (Å²) in [6, 6.07) is 6.36. The largest absolute Gasteiger partial charge is 0.491 e. The fourth-order valence-corrected chi connectivity index (χ4v) is 1.37. The van der Waals surface area contributed by atoms with Crippen molar-refractivity contribution in [3.05, 3.63) is 30.1 Å². The van der Waals surface area contributed by atoms with Gasteiger partial charge in [-0.05, 0) is 37.1 Å². The molecule has 0 amide bonds. The van der Waals surface area contributed by atoms with Gasteiger partial charge in [-0.2, -0.15) is 0 Å². The highest BCUT2D eigenvalue weighted by atomic mass is 19.1. The molecule has 0 saturated heterocycles. The lowest BCUT2D eigenvalue weighted by atomic mass is 10.3. The molecule has 3 nitrogen and oxygen atoms in total. The van der Waals surface area contributed by atoms with Crippen LogP contribution in [0.3, 0.4) is 0 Å². The van der Waals surface area contributed by atoms with Gasteiger partial charge in [0.05, 0.1) is 0 Å². The molecule has 0 aliphatic heterocycles. The Bertz CT molecular complexity index is 324. The SMILES string of the molecule is O[C@@H](CNC1CC1)COc1ccc(F)cc1. The third kappa shape index (κ3) is 3.79. The fourth-order valence-electron chi connectivity index (χ4n) is 1.37. The topological polar surface area (TPSA) is 41.5 Å². The lowest BCUT2D eigenvalue weighted by Crippen LogP contribution is -2.32. The van der Waals surface area contributed by atoms with Gasteiger partial charge in [-0.25, -0.2) is 4.39 Å². The van der Waals surface area contributed by atoms with Crippen LogP contribution in [0, 0.1) is 5.82 Å². The first-order valence-electron chi connectivity index (χ1n) is 5.54. The molecule has 1 aromatic rings. The Balaban J connectivity index is 1.67. The Hall–Kier alpha value is -1.13. The van der Waals surface area contributed by atoms with Gasteiger partial charge in [-0.1, -0.05) is 0 Å². The highest BCUT2D eigenvalue weighted by Crippen LogP contribution is 2.18. The van der Waals surface area contributed by atoms with Crippen molar-refractivity contribution in [2.75, 3.05) is 13.2 Å². The summed E-state index contributed by atoms with van der Waals surface area (Å²) in [7, 11) is 0. The maximum absolute atomic E-state index is 12.6. The molecule has 16 heavy (non-hydrogen) atoms. The Morgan fingerprint density at radius 1 is 1.38 bits per heavy atom. The number of aliphatic hydroxyl groups excluding tert-OH is 1. The maximum atomic E-state index is 12.6. The first-order chi connectivity index (χ1) is 7.74. The van der Waals surface area contributed by atoms with Crippen LogP contribution < -0.4 is 10.1 Å². The summed E-state index contributed by atoms with van der Waals surface area (Å²) in [5, 5.41) is 12.8. The molecule has 1 atom stereocenters. The normalized spacial score (nSPS) is 17.1. The summed E-state index contributed by atoms with van der Waals surface area (Å²) < 4.78 is 17.9. The van der Waals surface area contributed by atoms with Gasteiger partial charge in [0.1, 0.15) is 24.3 Å². The van der Waals surface area contributed by atoms with Crippen LogP contribution in [-0.2, 0) is 0 Å². The highest BCUT2D eigenvalue weighted by molar-refractivity contribution is 5.22. The van der Waals surface area contributed by atoms with Crippen molar-refractivity contribution in [3.8, 4) is 5.75 Å². The zero-order valence-corrected chi connectivity index (χ0v) is 9.03. The van der Waals surface area contributed by atoms with Gasteiger partial charge in [0.2, 0.25) is 0 Å². The van der Waals surface area contributed by atoms with Gasteiger partial charge in [-0.3, -0.25) is 0 Å². The molecule has 1 fully saturated rings. The van der Waals surface area contributed by atoms with E-state index in [1.807, 2.05) is 0 Å². The number of aliphatic hydroxyl groups is 1. The minimum absolute atomic E-state index is 0.228. The van der Waals surface area contributed by atoms with E-state index >= 15 is 0 Å². The lowest BCUT2D eigenvalue weighted by molar-refractivity contribution is 0.106. The number of ether oxygens (including phenoxy) is 1. The van der Waals surface area contributed by atoms with E-state index in [-0.39, 0.29) is 12.4 Å². The molecule has 1 aliphatic rings. The van der Waals surface area contributed by atoms with Crippen molar-refractivity contribution in [1.29, 1.82) is 0 Å². The van der Waals surface area contributed by atoms with Gasteiger partial charge in [0, 0.05) is 12.6 Å². The first-order valence-corrected chi connectivity index (χ1v) is 5.54. The molecular weight excluding hydrogens is 209 g/mol. The summed E-state index contributed by atoms with van der Waals surface area (Å²) in [5.41, 5.74) is 0. The van der Waals surface area contributed by atoms with Crippen molar-refractivity contribution >= 4 is 0 Å². The number of rotatable bonds is 6. The van der Waals surface area contributed by atoms with Gasteiger partial charge in [0.15, 0.2) is 0 Å². The summed E-state index contributed by atoms with van der Waals surface area (Å²) >= 11 is 0. The van der Waals surface area contributed by atoms with E-state index < -0.39 is 6.10 Å². The van der Waals surface area contributed by atoms with E-state index in [0.717, 1.165) is 0 Å². The van der Waals surface area contributed by atoms with Crippen LogP contribution in [0.1, 0.15) is 12.8 Å². The smallest absolute Gasteiger partial charge is 0.123 e. The number of nitrogens with one attached hydrogen (secondary N) is 1. The van der Waals surface area contributed by atoms with Gasteiger partial charge < -0.3 is 15.2 Å². The van der Waals surface area contributed by atoms with Crippen LogP contribution in [-0.4, -0.2) is 30.4 Å². The van der Waals surface area contributed by atoms with Crippen LogP contribution in [0.4, 0.5) is 4.39 Å². The van der Waals surface area contributed by atoms with Crippen molar-refractivity contribution in [2.45, 2.75) is 25.0 Å². The molecule has 2 rings (SSSR count). The fraction of sp³-hybridized carbons (Fsp3) is 0.500. The second kappa shape index (κ2) is 5.27. The quantitative estimate of drug-likeness (QED) is 0.767. The molecule has 0 bridgehead atoms. The molecule has 2 N–H and O–H groups in total. The van der Waals surface area contributed by atoms with E-state index in [2.05, 4.69) is 5.32 Å². The molecule has 1 aliphatic carbocycles. The Labute approximate surface area is 94.2 Å². The van der Waals surface area contributed by atoms with Crippen molar-refractivity contribution in [2.24, 2.45) is 0 Å². The number of halogens is 1. The molecule has 0 unspecified atom stereocenters.